The van der Waals surface area contributed by atoms with E-state index >= 15 is 0 Å². The maximum Gasteiger partial charge on any atom is 0.258 e. The van der Waals surface area contributed by atoms with Gasteiger partial charge in [-0.05, 0) is 53.6 Å². The number of ether oxygens (including phenoxy) is 1. The minimum absolute atomic E-state index is 0.0167. The van der Waals surface area contributed by atoms with Gasteiger partial charge in [0.15, 0.2) is 0 Å². The SMILES string of the molecule is O=C(Nc1ccc2c(c1)CCO2)c1c(-n2cccc2)sc2c1CCSC2. The zero-order chi connectivity index (χ0) is 17.5. The van der Waals surface area contributed by atoms with Crippen LogP contribution in [0.15, 0.2) is 42.7 Å². The van der Waals surface area contributed by atoms with Crippen LogP contribution in [-0.4, -0.2) is 22.8 Å². The van der Waals surface area contributed by atoms with Crippen LogP contribution in [0.3, 0.4) is 0 Å². The van der Waals surface area contributed by atoms with Gasteiger partial charge in [0.05, 0.1) is 12.2 Å². The number of benzene rings is 1. The quantitative estimate of drug-likeness (QED) is 0.724. The topological polar surface area (TPSA) is 43.3 Å². The van der Waals surface area contributed by atoms with E-state index in [1.54, 1.807) is 11.3 Å². The molecule has 132 valence electrons. The van der Waals surface area contributed by atoms with Crippen molar-refractivity contribution in [3.63, 3.8) is 0 Å². The first-order chi connectivity index (χ1) is 12.8. The van der Waals surface area contributed by atoms with Crippen LogP contribution in [0.1, 0.15) is 26.4 Å². The lowest BCUT2D eigenvalue weighted by Gasteiger charge is -2.13. The maximum atomic E-state index is 13.2. The molecule has 4 nitrogen and oxygen atoms in total. The second-order valence-electron chi connectivity index (χ2n) is 6.45. The highest BCUT2D eigenvalue weighted by atomic mass is 32.2. The van der Waals surface area contributed by atoms with Crippen molar-refractivity contribution < 1.29 is 9.53 Å². The lowest BCUT2D eigenvalue weighted by atomic mass is 10.1. The summed E-state index contributed by atoms with van der Waals surface area (Å²) in [5.74, 6) is 2.99. The van der Waals surface area contributed by atoms with Crippen LogP contribution < -0.4 is 10.1 Å². The summed E-state index contributed by atoms with van der Waals surface area (Å²) < 4.78 is 7.61. The number of thioether (sulfide) groups is 1. The second-order valence-corrected chi connectivity index (χ2v) is 8.64. The molecule has 1 amide bonds. The first kappa shape index (κ1) is 16.0. The van der Waals surface area contributed by atoms with Gasteiger partial charge in [0.2, 0.25) is 0 Å². The van der Waals surface area contributed by atoms with Crippen molar-refractivity contribution in [2.45, 2.75) is 18.6 Å². The zero-order valence-electron chi connectivity index (χ0n) is 14.2. The Morgan fingerprint density at radius 2 is 2.08 bits per heavy atom. The molecule has 0 atom stereocenters. The number of carbonyl (C=O) groups excluding carboxylic acids is 1. The Labute approximate surface area is 160 Å². The first-order valence-electron chi connectivity index (χ1n) is 8.72. The number of carbonyl (C=O) groups is 1. The highest BCUT2D eigenvalue weighted by Gasteiger charge is 2.26. The fraction of sp³-hybridized carbons (Fsp3) is 0.250. The van der Waals surface area contributed by atoms with Crippen LogP contribution in [0, 0.1) is 0 Å². The summed E-state index contributed by atoms with van der Waals surface area (Å²) in [6.45, 7) is 0.722. The number of hydrogen-bond donors (Lipinski definition) is 1. The van der Waals surface area contributed by atoms with Gasteiger partial charge in [0, 0.05) is 35.1 Å². The van der Waals surface area contributed by atoms with E-state index in [-0.39, 0.29) is 5.91 Å². The summed E-state index contributed by atoms with van der Waals surface area (Å²) in [5, 5.41) is 4.14. The Morgan fingerprint density at radius 3 is 2.96 bits per heavy atom. The van der Waals surface area contributed by atoms with E-state index in [0.29, 0.717) is 0 Å². The van der Waals surface area contributed by atoms with E-state index in [1.807, 2.05) is 54.5 Å². The first-order valence-corrected chi connectivity index (χ1v) is 10.7. The molecule has 0 aliphatic carbocycles. The normalized spacial score (nSPS) is 15.2. The highest BCUT2D eigenvalue weighted by molar-refractivity contribution is 7.98. The van der Waals surface area contributed by atoms with Crippen molar-refractivity contribution in [3.05, 3.63) is 64.3 Å². The summed E-state index contributed by atoms with van der Waals surface area (Å²) in [6, 6.07) is 9.89. The average molecular weight is 383 g/mol. The summed E-state index contributed by atoms with van der Waals surface area (Å²) >= 11 is 3.68. The van der Waals surface area contributed by atoms with Crippen molar-refractivity contribution in [1.82, 2.24) is 4.57 Å². The molecule has 6 heteroatoms. The van der Waals surface area contributed by atoms with Crippen molar-refractivity contribution >= 4 is 34.7 Å². The van der Waals surface area contributed by atoms with Crippen molar-refractivity contribution in [1.29, 1.82) is 0 Å². The van der Waals surface area contributed by atoms with Crippen LogP contribution in [-0.2, 0) is 18.6 Å². The number of thiophene rings is 1. The molecule has 0 spiro atoms. The fourth-order valence-corrected chi connectivity index (χ4v) is 6.01. The molecule has 4 heterocycles. The van der Waals surface area contributed by atoms with E-state index in [2.05, 4.69) is 9.88 Å². The Morgan fingerprint density at radius 1 is 1.19 bits per heavy atom. The smallest absolute Gasteiger partial charge is 0.258 e. The second kappa shape index (κ2) is 6.52. The maximum absolute atomic E-state index is 13.2. The number of rotatable bonds is 3. The van der Waals surface area contributed by atoms with E-state index in [4.69, 9.17) is 4.74 Å². The Bertz CT molecular complexity index is 976. The molecule has 1 aromatic carbocycles. The van der Waals surface area contributed by atoms with Crippen molar-refractivity contribution in [2.24, 2.45) is 0 Å². The standard InChI is InChI=1S/C20H18N2O2S2/c23-19(21-14-3-4-16-13(11-14)5-9-24-16)18-15-6-10-25-12-17(15)26-20(18)22-7-1-2-8-22/h1-4,7-8,11H,5-6,9-10,12H2,(H,21,23). The molecule has 0 saturated carbocycles. The van der Waals surface area contributed by atoms with Gasteiger partial charge in [-0.2, -0.15) is 11.8 Å². The predicted molar refractivity (Wildman–Crippen MR) is 107 cm³/mol. The minimum atomic E-state index is -0.0167. The largest absolute Gasteiger partial charge is 0.493 e. The van der Waals surface area contributed by atoms with E-state index in [9.17, 15) is 4.79 Å². The number of fused-ring (bicyclic) bond motifs is 2. The number of aromatic nitrogens is 1. The van der Waals surface area contributed by atoms with Gasteiger partial charge < -0.3 is 14.6 Å². The molecular weight excluding hydrogens is 364 g/mol. The molecule has 0 unspecified atom stereocenters. The summed E-state index contributed by atoms with van der Waals surface area (Å²) in [4.78, 5) is 14.5. The number of nitrogens with zero attached hydrogens (tertiary/aromatic N) is 1. The molecule has 0 radical (unpaired) electrons. The van der Waals surface area contributed by atoms with Gasteiger partial charge in [-0.15, -0.1) is 11.3 Å². The average Bonchev–Trinajstić information content (AvgIpc) is 3.39. The van der Waals surface area contributed by atoms with Crippen LogP contribution in [0.25, 0.3) is 5.00 Å². The molecule has 2 aliphatic heterocycles. The Balaban J connectivity index is 1.52. The van der Waals surface area contributed by atoms with Gasteiger partial charge in [-0.3, -0.25) is 4.79 Å². The molecule has 1 N–H and O–H groups in total. The monoisotopic (exact) mass is 382 g/mol. The van der Waals surface area contributed by atoms with E-state index in [0.717, 1.165) is 58.5 Å². The highest BCUT2D eigenvalue weighted by Crippen LogP contribution is 2.39. The lowest BCUT2D eigenvalue weighted by Crippen LogP contribution is -2.16. The number of nitrogens with one attached hydrogen (secondary N) is 1. The predicted octanol–water partition coefficient (Wildman–Crippen LogP) is 4.52. The van der Waals surface area contributed by atoms with Crippen LogP contribution in [0.2, 0.25) is 0 Å². The summed E-state index contributed by atoms with van der Waals surface area (Å²) in [6.07, 6.45) is 5.87. The fourth-order valence-electron chi connectivity index (χ4n) is 3.56. The van der Waals surface area contributed by atoms with Gasteiger partial charge in [0.25, 0.3) is 5.91 Å². The van der Waals surface area contributed by atoms with Crippen LogP contribution >= 0.6 is 23.1 Å². The number of hydrogen-bond acceptors (Lipinski definition) is 4. The number of anilines is 1. The molecule has 2 aromatic heterocycles. The minimum Gasteiger partial charge on any atom is -0.493 e. The van der Waals surface area contributed by atoms with Gasteiger partial charge in [-0.1, -0.05) is 0 Å². The molecular formula is C20H18N2O2S2. The van der Waals surface area contributed by atoms with E-state index in [1.165, 1.54) is 10.4 Å². The molecule has 0 bridgehead atoms. The van der Waals surface area contributed by atoms with Crippen molar-refractivity contribution in [2.75, 3.05) is 17.7 Å². The van der Waals surface area contributed by atoms with E-state index < -0.39 is 0 Å². The molecule has 2 aliphatic rings. The third kappa shape index (κ3) is 2.73. The molecule has 0 fully saturated rings. The number of amides is 1. The molecule has 5 rings (SSSR count). The Hall–Kier alpha value is -2.18. The lowest BCUT2D eigenvalue weighted by molar-refractivity contribution is 0.102. The molecule has 3 aromatic rings. The Kier molecular flexibility index (Phi) is 4.02. The summed E-state index contributed by atoms with van der Waals surface area (Å²) in [7, 11) is 0. The third-order valence-corrected chi connectivity index (χ3v) is 7.23. The molecule has 26 heavy (non-hydrogen) atoms. The van der Waals surface area contributed by atoms with Crippen LogP contribution in [0.4, 0.5) is 5.69 Å². The van der Waals surface area contributed by atoms with Gasteiger partial charge in [0.1, 0.15) is 10.8 Å². The third-order valence-electron chi connectivity index (χ3n) is 4.82. The van der Waals surface area contributed by atoms with Gasteiger partial charge >= 0.3 is 0 Å². The van der Waals surface area contributed by atoms with Crippen molar-refractivity contribution in [3.8, 4) is 10.8 Å². The van der Waals surface area contributed by atoms with Crippen LogP contribution in [0.5, 0.6) is 5.75 Å². The van der Waals surface area contributed by atoms with Gasteiger partial charge in [-0.25, -0.2) is 0 Å². The summed E-state index contributed by atoms with van der Waals surface area (Å²) in [5.41, 5.74) is 4.05. The molecule has 0 saturated heterocycles. The zero-order valence-corrected chi connectivity index (χ0v) is 15.8.